The van der Waals surface area contributed by atoms with E-state index in [1.165, 1.54) is 0 Å². The van der Waals surface area contributed by atoms with Gasteiger partial charge < -0.3 is 15.7 Å². The minimum Gasteiger partial charge on any atom is -0.396 e. The fourth-order valence-corrected chi connectivity index (χ4v) is 1.99. The van der Waals surface area contributed by atoms with Gasteiger partial charge in [-0.3, -0.25) is 0 Å². The summed E-state index contributed by atoms with van der Waals surface area (Å²) in [6, 6.07) is 1.81. The first-order valence-electron chi connectivity index (χ1n) is 5.46. The number of nitrogens with zero attached hydrogens (tertiary/aromatic N) is 2. The number of aromatic nitrogens is 1. The molecular formula is C11H17Cl2N3O. The molecule has 1 rings (SSSR count). The van der Waals surface area contributed by atoms with Gasteiger partial charge in [0.15, 0.2) is 0 Å². The fraction of sp³-hybridized carbons (Fsp3) is 0.545. The Labute approximate surface area is 111 Å². The van der Waals surface area contributed by atoms with Crippen LogP contribution in [0.4, 0.5) is 11.6 Å². The lowest BCUT2D eigenvalue weighted by Gasteiger charge is -2.28. The second-order valence-electron chi connectivity index (χ2n) is 4.03. The van der Waals surface area contributed by atoms with Gasteiger partial charge in [0.1, 0.15) is 11.6 Å². The van der Waals surface area contributed by atoms with E-state index < -0.39 is 0 Å². The molecule has 0 aromatic carbocycles. The van der Waals surface area contributed by atoms with Crippen LogP contribution in [0.15, 0.2) is 6.07 Å². The van der Waals surface area contributed by atoms with Crippen LogP contribution >= 0.6 is 23.2 Å². The van der Waals surface area contributed by atoms with E-state index in [9.17, 15) is 0 Å². The third-order valence-corrected chi connectivity index (χ3v) is 2.97. The highest BCUT2D eigenvalue weighted by Crippen LogP contribution is 2.31. The molecule has 0 aliphatic rings. The maximum absolute atomic E-state index is 8.89. The summed E-state index contributed by atoms with van der Waals surface area (Å²) < 4.78 is 0. The lowest BCUT2D eigenvalue weighted by molar-refractivity contribution is 0.288. The van der Waals surface area contributed by atoms with E-state index >= 15 is 0 Å². The van der Waals surface area contributed by atoms with Gasteiger partial charge in [-0.25, -0.2) is 4.98 Å². The Balaban J connectivity index is 3.05. The van der Waals surface area contributed by atoms with Gasteiger partial charge in [0, 0.05) is 19.2 Å². The summed E-state index contributed by atoms with van der Waals surface area (Å²) in [4.78, 5) is 6.20. The largest absolute Gasteiger partial charge is 0.396 e. The number of hydrogen-bond donors (Lipinski definition) is 2. The van der Waals surface area contributed by atoms with Gasteiger partial charge in [0.25, 0.3) is 0 Å². The number of halogens is 2. The zero-order chi connectivity index (χ0) is 13.0. The zero-order valence-corrected chi connectivity index (χ0v) is 11.5. The van der Waals surface area contributed by atoms with E-state index in [4.69, 9.17) is 34.0 Å². The van der Waals surface area contributed by atoms with Crippen molar-refractivity contribution >= 4 is 34.8 Å². The van der Waals surface area contributed by atoms with Crippen LogP contribution in [0.25, 0.3) is 0 Å². The molecule has 0 atom stereocenters. The molecule has 1 aromatic heterocycles. The number of pyridine rings is 1. The molecule has 0 amide bonds. The molecule has 1 heterocycles. The Morgan fingerprint density at radius 3 is 2.59 bits per heavy atom. The second kappa shape index (κ2) is 6.28. The number of anilines is 2. The first-order valence-corrected chi connectivity index (χ1v) is 6.22. The fourth-order valence-electron chi connectivity index (χ4n) is 1.52. The quantitative estimate of drug-likeness (QED) is 0.869. The van der Waals surface area contributed by atoms with Gasteiger partial charge in [-0.05, 0) is 26.3 Å². The summed E-state index contributed by atoms with van der Waals surface area (Å²) in [5.74, 6) is 0.873. The van der Waals surface area contributed by atoms with Gasteiger partial charge >= 0.3 is 0 Å². The molecule has 0 saturated carbocycles. The normalized spacial score (nSPS) is 10.9. The van der Waals surface area contributed by atoms with Crippen LogP contribution in [0.3, 0.4) is 0 Å². The highest BCUT2D eigenvalue weighted by atomic mass is 35.5. The van der Waals surface area contributed by atoms with Gasteiger partial charge in [0.2, 0.25) is 0 Å². The number of aliphatic hydroxyl groups is 1. The maximum atomic E-state index is 8.89. The van der Waals surface area contributed by atoms with Gasteiger partial charge in [0.05, 0.1) is 10.0 Å². The third-order valence-electron chi connectivity index (χ3n) is 2.39. The van der Waals surface area contributed by atoms with Crippen molar-refractivity contribution in [2.24, 2.45) is 0 Å². The lowest BCUT2D eigenvalue weighted by Crippen LogP contribution is -2.33. The molecule has 4 nitrogen and oxygen atoms in total. The van der Waals surface area contributed by atoms with Crippen molar-refractivity contribution in [3.8, 4) is 0 Å². The van der Waals surface area contributed by atoms with Gasteiger partial charge in [-0.2, -0.15) is 0 Å². The van der Waals surface area contributed by atoms with Crippen LogP contribution in [-0.2, 0) is 0 Å². The van der Waals surface area contributed by atoms with Crippen LogP contribution in [-0.4, -0.2) is 29.3 Å². The summed E-state index contributed by atoms with van der Waals surface area (Å²) in [5.41, 5.74) is 5.68. The second-order valence-corrected chi connectivity index (χ2v) is 4.84. The standard InChI is InChI=1S/C11H17Cl2N3O/c1-7(2)16(4-3-5-17)11-9(13)6-8(12)10(14)15-11/h6-7,17H,3-5H2,1-2H3,(H2,14,15). The number of hydrogen-bond acceptors (Lipinski definition) is 4. The number of nitrogen functional groups attached to an aromatic ring is 1. The van der Waals surface area contributed by atoms with Crippen molar-refractivity contribution in [3.05, 3.63) is 16.1 Å². The SMILES string of the molecule is CC(C)N(CCCO)c1nc(N)c(Cl)cc1Cl. The number of rotatable bonds is 5. The predicted octanol–water partition coefficient (Wildman–Crippen LogP) is 2.57. The number of nitrogens with two attached hydrogens (primary N) is 1. The zero-order valence-electron chi connectivity index (χ0n) is 9.95. The Kier molecular flexibility index (Phi) is 5.31. The Bertz CT molecular complexity index is 385. The van der Waals surface area contributed by atoms with Crippen LogP contribution in [0.5, 0.6) is 0 Å². The van der Waals surface area contributed by atoms with E-state index in [0.29, 0.717) is 28.8 Å². The maximum Gasteiger partial charge on any atom is 0.150 e. The van der Waals surface area contributed by atoms with Crippen LogP contribution in [0.2, 0.25) is 10.0 Å². The van der Waals surface area contributed by atoms with Crippen molar-refractivity contribution in [2.45, 2.75) is 26.3 Å². The highest BCUT2D eigenvalue weighted by molar-refractivity contribution is 6.37. The molecule has 0 bridgehead atoms. The smallest absolute Gasteiger partial charge is 0.150 e. The first-order chi connectivity index (χ1) is 7.97. The van der Waals surface area contributed by atoms with E-state index in [0.717, 1.165) is 0 Å². The summed E-state index contributed by atoms with van der Waals surface area (Å²) in [5, 5.41) is 9.71. The molecule has 0 radical (unpaired) electrons. The summed E-state index contributed by atoms with van der Waals surface area (Å²) in [7, 11) is 0. The van der Waals surface area contributed by atoms with Gasteiger partial charge in [-0.15, -0.1) is 0 Å². The molecule has 6 heteroatoms. The molecule has 17 heavy (non-hydrogen) atoms. The summed E-state index contributed by atoms with van der Waals surface area (Å²) >= 11 is 12.0. The molecule has 1 aromatic rings. The summed E-state index contributed by atoms with van der Waals surface area (Å²) in [6.07, 6.45) is 0.652. The molecule has 96 valence electrons. The molecule has 0 unspecified atom stereocenters. The average Bonchev–Trinajstić information content (AvgIpc) is 2.25. The topological polar surface area (TPSA) is 62.4 Å². The Morgan fingerprint density at radius 1 is 1.41 bits per heavy atom. The highest BCUT2D eigenvalue weighted by Gasteiger charge is 2.16. The lowest BCUT2D eigenvalue weighted by atomic mass is 10.2. The van der Waals surface area contributed by atoms with E-state index in [1.807, 2.05) is 18.7 Å². The van der Waals surface area contributed by atoms with Gasteiger partial charge in [-0.1, -0.05) is 23.2 Å². The molecule has 0 spiro atoms. The minimum atomic E-state index is 0.129. The molecular weight excluding hydrogens is 261 g/mol. The van der Waals surface area contributed by atoms with Crippen molar-refractivity contribution in [1.29, 1.82) is 0 Å². The van der Waals surface area contributed by atoms with Crippen LogP contribution in [0.1, 0.15) is 20.3 Å². The van der Waals surface area contributed by atoms with Crippen LogP contribution in [0, 0.1) is 0 Å². The molecule has 0 saturated heterocycles. The molecule has 3 N–H and O–H groups in total. The van der Waals surface area contributed by atoms with Crippen molar-refractivity contribution < 1.29 is 5.11 Å². The average molecular weight is 278 g/mol. The van der Waals surface area contributed by atoms with E-state index in [-0.39, 0.29) is 18.5 Å². The van der Waals surface area contributed by atoms with Crippen LogP contribution < -0.4 is 10.6 Å². The van der Waals surface area contributed by atoms with Crippen molar-refractivity contribution in [2.75, 3.05) is 23.8 Å². The molecule has 0 aliphatic heterocycles. The predicted molar refractivity (Wildman–Crippen MR) is 72.9 cm³/mol. The molecule has 0 aliphatic carbocycles. The monoisotopic (exact) mass is 277 g/mol. The van der Waals surface area contributed by atoms with Crippen molar-refractivity contribution in [3.63, 3.8) is 0 Å². The first kappa shape index (κ1) is 14.4. The minimum absolute atomic E-state index is 0.129. The molecule has 0 fully saturated rings. The summed E-state index contributed by atoms with van der Waals surface area (Å²) in [6.45, 7) is 4.85. The van der Waals surface area contributed by atoms with Crippen molar-refractivity contribution in [1.82, 2.24) is 4.98 Å². The third kappa shape index (κ3) is 3.63. The van der Waals surface area contributed by atoms with E-state index in [1.54, 1.807) is 6.07 Å². The Morgan fingerprint density at radius 2 is 2.06 bits per heavy atom. The number of aliphatic hydroxyl groups excluding tert-OH is 1. The van der Waals surface area contributed by atoms with E-state index in [2.05, 4.69) is 4.98 Å². The Hall–Kier alpha value is -0.710.